The molecule has 132 valence electrons. The normalized spacial score (nSPS) is 13.2. The van der Waals surface area contributed by atoms with Gasteiger partial charge in [-0.05, 0) is 43.3 Å². The maximum atomic E-state index is 13.2. The van der Waals surface area contributed by atoms with Crippen LogP contribution in [-0.2, 0) is 6.54 Å². The van der Waals surface area contributed by atoms with Crippen molar-refractivity contribution in [1.29, 1.82) is 0 Å². The van der Waals surface area contributed by atoms with Gasteiger partial charge in [0.15, 0.2) is 11.2 Å². The van der Waals surface area contributed by atoms with E-state index in [9.17, 15) is 22.4 Å². The van der Waals surface area contributed by atoms with Crippen molar-refractivity contribution in [2.75, 3.05) is 0 Å². The van der Waals surface area contributed by atoms with Gasteiger partial charge in [0, 0.05) is 5.56 Å². The van der Waals surface area contributed by atoms with Crippen LogP contribution in [0.25, 0.3) is 22.5 Å². The van der Waals surface area contributed by atoms with E-state index in [2.05, 4.69) is 9.72 Å². The Balaban J connectivity index is 1.97. The third-order valence-corrected chi connectivity index (χ3v) is 3.33. The van der Waals surface area contributed by atoms with Crippen molar-refractivity contribution in [1.82, 2.24) is 9.55 Å². The fourth-order valence-corrected chi connectivity index (χ4v) is 2.35. The van der Waals surface area contributed by atoms with Gasteiger partial charge in [-0.15, -0.1) is 13.2 Å². The number of fused-ring (bicyclic) bond motifs is 1. The highest BCUT2D eigenvalue weighted by Gasteiger charge is 2.31. The topological polar surface area (TPSA) is 57.3 Å². The number of oxazole rings is 1. The van der Waals surface area contributed by atoms with Gasteiger partial charge < -0.3 is 9.15 Å². The smallest absolute Gasteiger partial charge is 0.406 e. The van der Waals surface area contributed by atoms with Crippen LogP contribution < -0.4 is 10.5 Å². The second-order valence-corrected chi connectivity index (χ2v) is 5.35. The van der Waals surface area contributed by atoms with Gasteiger partial charge in [0.05, 0.1) is 12.2 Å². The molecule has 1 aromatic carbocycles. The zero-order valence-corrected chi connectivity index (χ0v) is 12.9. The van der Waals surface area contributed by atoms with Gasteiger partial charge in [-0.3, -0.25) is 4.57 Å². The molecular weight excluding hydrogens is 344 g/mol. The predicted octanol–water partition coefficient (Wildman–Crippen LogP) is 3.91. The van der Waals surface area contributed by atoms with Crippen LogP contribution in [0.5, 0.6) is 5.75 Å². The van der Waals surface area contributed by atoms with Gasteiger partial charge in [-0.1, -0.05) is 0 Å². The first-order chi connectivity index (χ1) is 11.7. The Kier molecular flexibility index (Phi) is 4.23. The van der Waals surface area contributed by atoms with E-state index in [1.807, 2.05) is 0 Å². The molecule has 0 fully saturated rings. The maximum absolute atomic E-state index is 13.2. The lowest BCUT2D eigenvalue weighted by Crippen LogP contribution is -2.19. The first-order valence-corrected chi connectivity index (χ1v) is 7.23. The average molecular weight is 356 g/mol. The zero-order chi connectivity index (χ0) is 18.2. The first-order valence-electron chi connectivity index (χ1n) is 7.23. The van der Waals surface area contributed by atoms with E-state index < -0.39 is 18.3 Å². The Labute approximate surface area is 138 Å². The van der Waals surface area contributed by atoms with Crippen LogP contribution in [-0.4, -0.2) is 22.1 Å². The number of hydrogen-bond acceptors (Lipinski definition) is 4. The summed E-state index contributed by atoms with van der Waals surface area (Å²) in [6.45, 7) is 1.09. The average Bonchev–Trinajstić information content (AvgIpc) is 2.81. The van der Waals surface area contributed by atoms with Crippen molar-refractivity contribution < 1.29 is 26.7 Å². The third kappa shape index (κ3) is 3.81. The van der Waals surface area contributed by atoms with Crippen molar-refractivity contribution >= 4 is 11.2 Å². The lowest BCUT2D eigenvalue weighted by Gasteiger charge is -2.09. The summed E-state index contributed by atoms with van der Waals surface area (Å²) in [6, 6.07) is 8.15. The van der Waals surface area contributed by atoms with E-state index in [0.717, 1.165) is 16.7 Å². The standard InChI is InChI=1S/C16H12F4N2O3/c1-9(17)8-22-14-13(24-15(22)23)7-6-12(21-14)10-2-4-11(5-3-10)25-16(18,19)20/h2-7,9H,8H2,1H3. The SMILES string of the molecule is CC(F)Cn1c(=O)oc2ccc(-c3ccc(OC(F)(F)F)cc3)nc21. The molecule has 3 aromatic rings. The Bertz CT molecular complexity index is 943. The number of nitrogens with zero attached hydrogens (tertiary/aromatic N) is 2. The molecule has 0 saturated heterocycles. The van der Waals surface area contributed by atoms with Crippen LogP contribution in [0.15, 0.2) is 45.6 Å². The van der Waals surface area contributed by atoms with Crippen molar-refractivity contribution in [3.8, 4) is 17.0 Å². The molecule has 1 unspecified atom stereocenters. The quantitative estimate of drug-likeness (QED) is 0.665. The molecule has 0 spiro atoms. The molecule has 2 aromatic heterocycles. The predicted molar refractivity (Wildman–Crippen MR) is 81.0 cm³/mol. The van der Waals surface area contributed by atoms with Crippen LogP contribution in [0.4, 0.5) is 17.6 Å². The molecule has 25 heavy (non-hydrogen) atoms. The fourth-order valence-electron chi connectivity index (χ4n) is 2.35. The maximum Gasteiger partial charge on any atom is 0.573 e. The molecule has 2 heterocycles. The lowest BCUT2D eigenvalue weighted by molar-refractivity contribution is -0.274. The Morgan fingerprint density at radius 3 is 2.48 bits per heavy atom. The summed E-state index contributed by atoms with van der Waals surface area (Å²) >= 11 is 0. The Hall–Kier alpha value is -2.84. The summed E-state index contributed by atoms with van der Waals surface area (Å²) in [5, 5.41) is 0. The minimum absolute atomic E-state index is 0.169. The lowest BCUT2D eigenvalue weighted by atomic mass is 10.1. The number of hydrogen-bond donors (Lipinski definition) is 0. The van der Waals surface area contributed by atoms with E-state index in [1.165, 1.54) is 25.1 Å². The van der Waals surface area contributed by atoms with E-state index >= 15 is 0 Å². The summed E-state index contributed by atoms with van der Waals surface area (Å²) in [4.78, 5) is 16.0. The molecule has 0 radical (unpaired) electrons. The zero-order valence-electron chi connectivity index (χ0n) is 12.9. The second kappa shape index (κ2) is 6.23. The number of benzene rings is 1. The van der Waals surface area contributed by atoms with E-state index in [0.29, 0.717) is 11.3 Å². The minimum Gasteiger partial charge on any atom is -0.406 e. The number of pyridine rings is 1. The number of alkyl halides is 4. The van der Waals surface area contributed by atoms with Crippen LogP contribution in [0.3, 0.4) is 0 Å². The molecule has 0 N–H and O–H groups in total. The number of aromatic nitrogens is 2. The molecule has 5 nitrogen and oxygen atoms in total. The molecule has 0 aliphatic heterocycles. The molecule has 0 bridgehead atoms. The van der Waals surface area contributed by atoms with E-state index in [-0.39, 0.29) is 23.5 Å². The highest BCUT2D eigenvalue weighted by Crippen LogP contribution is 2.26. The van der Waals surface area contributed by atoms with Gasteiger partial charge in [0.1, 0.15) is 11.9 Å². The molecule has 3 rings (SSSR count). The van der Waals surface area contributed by atoms with Gasteiger partial charge in [-0.25, -0.2) is 14.2 Å². The van der Waals surface area contributed by atoms with Crippen LogP contribution in [0.1, 0.15) is 6.92 Å². The molecule has 0 saturated carbocycles. The van der Waals surface area contributed by atoms with Crippen molar-refractivity contribution in [3.05, 3.63) is 46.9 Å². The molecule has 0 amide bonds. The molecule has 1 atom stereocenters. The minimum atomic E-state index is -4.77. The summed E-state index contributed by atoms with van der Waals surface area (Å²) in [5.41, 5.74) is 1.27. The van der Waals surface area contributed by atoms with Gasteiger partial charge >= 0.3 is 12.1 Å². The summed E-state index contributed by atoms with van der Waals surface area (Å²) in [7, 11) is 0. The van der Waals surface area contributed by atoms with Gasteiger partial charge in [0.2, 0.25) is 0 Å². The molecule has 9 heteroatoms. The first kappa shape index (κ1) is 17.0. The van der Waals surface area contributed by atoms with E-state index in [4.69, 9.17) is 4.42 Å². The van der Waals surface area contributed by atoms with Crippen molar-refractivity contribution in [3.63, 3.8) is 0 Å². The van der Waals surface area contributed by atoms with Crippen LogP contribution in [0.2, 0.25) is 0 Å². The highest BCUT2D eigenvalue weighted by atomic mass is 19.4. The van der Waals surface area contributed by atoms with Crippen molar-refractivity contribution in [2.45, 2.75) is 26.0 Å². The second-order valence-electron chi connectivity index (χ2n) is 5.35. The largest absolute Gasteiger partial charge is 0.573 e. The highest BCUT2D eigenvalue weighted by molar-refractivity contribution is 5.73. The summed E-state index contributed by atoms with van der Waals surface area (Å²) < 4.78 is 59.7. The number of ether oxygens (including phenoxy) is 1. The molecule has 0 aliphatic carbocycles. The summed E-state index contributed by atoms with van der Waals surface area (Å²) in [6.07, 6.45) is -6.04. The molecular formula is C16H12F4N2O3. The fraction of sp³-hybridized carbons (Fsp3) is 0.250. The monoisotopic (exact) mass is 356 g/mol. The number of halogens is 4. The number of rotatable bonds is 4. The van der Waals surface area contributed by atoms with Gasteiger partial charge in [0.25, 0.3) is 0 Å². The van der Waals surface area contributed by atoms with E-state index in [1.54, 1.807) is 6.07 Å². The van der Waals surface area contributed by atoms with Crippen LogP contribution >= 0.6 is 0 Å². The Morgan fingerprint density at radius 2 is 1.88 bits per heavy atom. The molecule has 0 aliphatic rings. The third-order valence-electron chi connectivity index (χ3n) is 3.33. The van der Waals surface area contributed by atoms with Gasteiger partial charge in [-0.2, -0.15) is 0 Å². The summed E-state index contributed by atoms with van der Waals surface area (Å²) in [5.74, 6) is -1.08. The Morgan fingerprint density at radius 1 is 1.20 bits per heavy atom. The van der Waals surface area contributed by atoms with Crippen molar-refractivity contribution in [2.24, 2.45) is 0 Å². The van der Waals surface area contributed by atoms with Crippen LogP contribution in [0, 0.1) is 0 Å².